The summed E-state index contributed by atoms with van der Waals surface area (Å²) in [6.07, 6.45) is 2.92. The summed E-state index contributed by atoms with van der Waals surface area (Å²) in [4.78, 5) is 21.8. The number of nitrogens with zero attached hydrogens (tertiary/aromatic N) is 3. The molecule has 0 radical (unpaired) electrons. The quantitative estimate of drug-likeness (QED) is 0.933. The molecule has 2 N–H and O–H groups in total. The van der Waals surface area contributed by atoms with Crippen molar-refractivity contribution in [3.05, 3.63) is 46.9 Å². The van der Waals surface area contributed by atoms with Crippen molar-refractivity contribution in [3.63, 3.8) is 0 Å². The summed E-state index contributed by atoms with van der Waals surface area (Å²) >= 11 is 0. The maximum atomic E-state index is 12.4. The molecule has 1 aromatic heterocycles. The summed E-state index contributed by atoms with van der Waals surface area (Å²) in [5.41, 5.74) is 8.98. The first kappa shape index (κ1) is 15.8. The molecule has 0 saturated heterocycles. The molecular formula is C16H20N4O2. The number of aromatic nitrogens is 2. The zero-order chi connectivity index (χ0) is 16.3. The Labute approximate surface area is 129 Å². The van der Waals surface area contributed by atoms with Crippen LogP contribution >= 0.6 is 0 Å². The van der Waals surface area contributed by atoms with Gasteiger partial charge in [-0.15, -0.1) is 0 Å². The number of hydrogen-bond donors (Lipinski definition) is 1. The van der Waals surface area contributed by atoms with Gasteiger partial charge in [0.25, 0.3) is 5.91 Å². The van der Waals surface area contributed by atoms with E-state index in [0.717, 1.165) is 22.4 Å². The van der Waals surface area contributed by atoms with Crippen LogP contribution in [0, 0.1) is 13.8 Å². The molecule has 0 atom stereocenters. The topological polar surface area (TPSA) is 81.3 Å². The van der Waals surface area contributed by atoms with Crippen molar-refractivity contribution in [1.29, 1.82) is 0 Å². The van der Waals surface area contributed by atoms with E-state index in [0.29, 0.717) is 6.54 Å². The van der Waals surface area contributed by atoms with Crippen molar-refractivity contribution < 1.29 is 9.53 Å². The Bertz CT molecular complexity index is 677. The summed E-state index contributed by atoms with van der Waals surface area (Å²) in [5, 5.41) is 0. The Hall–Kier alpha value is -2.63. The van der Waals surface area contributed by atoms with Gasteiger partial charge in [0.1, 0.15) is 5.75 Å². The summed E-state index contributed by atoms with van der Waals surface area (Å²) in [6.45, 7) is 4.43. The van der Waals surface area contributed by atoms with Gasteiger partial charge in [-0.05, 0) is 30.5 Å². The zero-order valence-corrected chi connectivity index (χ0v) is 13.3. The highest BCUT2D eigenvalue weighted by Gasteiger charge is 2.17. The van der Waals surface area contributed by atoms with Crippen molar-refractivity contribution in [3.8, 4) is 5.75 Å². The molecule has 0 fully saturated rings. The van der Waals surface area contributed by atoms with Crippen molar-refractivity contribution >= 4 is 11.7 Å². The minimum atomic E-state index is -0.253. The van der Waals surface area contributed by atoms with E-state index in [-0.39, 0.29) is 17.4 Å². The van der Waals surface area contributed by atoms with Crippen LogP contribution in [0.4, 0.5) is 5.82 Å². The Kier molecular flexibility index (Phi) is 4.60. The molecule has 1 amide bonds. The highest BCUT2D eigenvalue weighted by atomic mass is 16.5. The number of aryl methyl sites for hydroxylation is 2. The number of nitrogens with two attached hydrogens (primary N) is 1. The van der Waals surface area contributed by atoms with E-state index in [1.165, 1.54) is 12.4 Å². The number of carbonyl (C=O) groups excluding carboxylic acids is 1. The molecule has 0 unspecified atom stereocenters. The van der Waals surface area contributed by atoms with E-state index in [9.17, 15) is 4.79 Å². The normalized spacial score (nSPS) is 10.4. The minimum absolute atomic E-state index is 0.140. The molecule has 2 aromatic rings. The first-order valence-electron chi connectivity index (χ1n) is 6.90. The molecule has 0 spiro atoms. The summed E-state index contributed by atoms with van der Waals surface area (Å²) in [6, 6.07) is 4.02. The molecule has 0 aliphatic rings. The molecule has 6 heteroatoms. The van der Waals surface area contributed by atoms with Crippen molar-refractivity contribution in [1.82, 2.24) is 14.9 Å². The van der Waals surface area contributed by atoms with Gasteiger partial charge in [-0.25, -0.2) is 9.97 Å². The average Bonchev–Trinajstić information content (AvgIpc) is 2.46. The number of rotatable bonds is 4. The smallest absolute Gasteiger partial charge is 0.276 e. The molecule has 22 heavy (non-hydrogen) atoms. The van der Waals surface area contributed by atoms with E-state index in [4.69, 9.17) is 10.5 Å². The summed E-state index contributed by atoms with van der Waals surface area (Å²) in [7, 11) is 3.37. The minimum Gasteiger partial charge on any atom is -0.496 e. The highest BCUT2D eigenvalue weighted by molar-refractivity contribution is 5.96. The van der Waals surface area contributed by atoms with Crippen LogP contribution < -0.4 is 10.5 Å². The Morgan fingerprint density at radius 1 is 1.23 bits per heavy atom. The lowest BCUT2D eigenvalue weighted by molar-refractivity contribution is 0.0780. The number of nitrogen functional groups attached to an aromatic ring is 1. The number of ether oxygens (including phenoxy) is 1. The number of anilines is 1. The lowest BCUT2D eigenvalue weighted by atomic mass is 10.1. The van der Waals surface area contributed by atoms with Crippen LogP contribution in [0.5, 0.6) is 5.75 Å². The number of amides is 1. The van der Waals surface area contributed by atoms with Crippen LogP contribution in [0.1, 0.15) is 27.2 Å². The van der Waals surface area contributed by atoms with Gasteiger partial charge in [-0.2, -0.15) is 0 Å². The third kappa shape index (κ3) is 3.16. The summed E-state index contributed by atoms with van der Waals surface area (Å²) < 4.78 is 5.35. The van der Waals surface area contributed by atoms with Crippen molar-refractivity contribution in [2.75, 3.05) is 19.9 Å². The fraction of sp³-hybridized carbons (Fsp3) is 0.312. The fourth-order valence-corrected chi connectivity index (χ4v) is 2.49. The fourth-order valence-electron chi connectivity index (χ4n) is 2.49. The lowest BCUT2D eigenvalue weighted by Gasteiger charge is -2.19. The molecule has 0 aliphatic carbocycles. The second-order valence-corrected chi connectivity index (χ2v) is 5.21. The monoisotopic (exact) mass is 300 g/mol. The van der Waals surface area contributed by atoms with Gasteiger partial charge in [0, 0.05) is 26.0 Å². The van der Waals surface area contributed by atoms with E-state index < -0.39 is 0 Å². The van der Waals surface area contributed by atoms with Crippen molar-refractivity contribution in [2.45, 2.75) is 20.4 Å². The number of benzene rings is 1. The van der Waals surface area contributed by atoms with Crippen LogP contribution in [0.3, 0.4) is 0 Å². The van der Waals surface area contributed by atoms with E-state index in [1.807, 2.05) is 26.0 Å². The summed E-state index contributed by atoms with van der Waals surface area (Å²) in [5.74, 6) is 0.758. The zero-order valence-electron chi connectivity index (χ0n) is 13.3. The van der Waals surface area contributed by atoms with Gasteiger partial charge in [0.2, 0.25) is 0 Å². The third-order valence-corrected chi connectivity index (χ3v) is 3.42. The van der Waals surface area contributed by atoms with E-state index >= 15 is 0 Å². The predicted molar refractivity (Wildman–Crippen MR) is 84.7 cm³/mol. The molecule has 116 valence electrons. The standard InChI is InChI=1S/C16H20N4O2/c1-10-7-12(8-11(2)14(10)22-4)9-20(3)16(21)13-15(17)19-6-5-18-13/h5-8H,9H2,1-4H3,(H2,17,19). The maximum Gasteiger partial charge on any atom is 0.276 e. The Balaban J connectivity index is 2.20. The van der Waals surface area contributed by atoms with Crippen LogP contribution in [0.15, 0.2) is 24.5 Å². The first-order chi connectivity index (χ1) is 10.4. The van der Waals surface area contributed by atoms with Crippen LogP contribution in [-0.2, 0) is 6.54 Å². The second-order valence-electron chi connectivity index (χ2n) is 5.21. The largest absolute Gasteiger partial charge is 0.496 e. The molecule has 2 rings (SSSR count). The van der Waals surface area contributed by atoms with Gasteiger partial charge < -0.3 is 15.4 Å². The third-order valence-electron chi connectivity index (χ3n) is 3.42. The predicted octanol–water partition coefficient (Wildman–Crippen LogP) is 1.96. The van der Waals surface area contributed by atoms with Crippen LogP contribution in [0.2, 0.25) is 0 Å². The lowest BCUT2D eigenvalue weighted by Crippen LogP contribution is -2.28. The molecule has 0 saturated carbocycles. The molecule has 6 nitrogen and oxygen atoms in total. The van der Waals surface area contributed by atoms with Crippen molar-refractivity contribution in [2.24, 2.45) is 0 Å². The maximum absolute atomic E-state index is 12.4. The number of methoxy groups -OCH3 is 1. The van der Waals surface area contributed by atoms with E-state index in [2.05, 4.69) is 9.97 Å². The van der Waals surface area contributed by atoms with Crippen LogP contribution in [0.25, 0.3) is 0 Å². The Morgan fingerprint density at radius 2 is 1.82 bits per heavy atom. The van der Waals surface area contributed by atoms with Gasteiger partial charge in [-0.1, -0.05) is 12.1 Å². The van der Waals surface area contributed by atoms with Gasteiger partial charge in [0.05, 0.1) is 7.11 Å². The molecular weight excluding hydrogens is 280 g/mol. The highest BCUT2D eigenvalue weighted by Crippen LogP contribution is 2.25. The average molecular weight is 300 g/mol. The number of hydrogen-bond acceptors (Lipinski definition) is 5. The molecule has 0 bridgehead atoms. The van der Waals surface area contributed by atoms with E-state index in [1.54, 1.807) is 19.1 Å². The molecule has 0 aliphatic heterocycles. The number of carbonyl (C=O) groups is 1. The molecule has 1 aromatic carbocycles. The first-order valence-corrected chi connectivity index (χ1v) is 6.90. The van der Waals surface area contributed by atoms with Crippen LogP contribution in [-0.4, -0.2) is 34.9 Å². The van der Waals surface area contributed by atoms with Gasteiger partial charge in [-0.3, -0.25) is 4.79 Å². The van der Waals surface area contributed by atoms with Gasteiger partial charge in [0.15, 0.2) is 11.5 Å². The second kappa shape index (κ2) is 6.43. The Morgan fingerprint density at radius 3 is 2.36 bits per heavy atom. The molecule has 1 heterocycles. The van der Waals surface area contributed by atoms with Gasteiger partial charge >= 0.3 is 0 Å². The SMILES string of the molecule is COc1c(C)cc(CN(C)C(=O)c2nccnc2N)cc1C.